The Morgan fingerprint density at radius 1 is 1.03 bits per heavy atom. The van der Waals surface area contributed by atoms with E-state index in [0.717, 1.165) is 24.3 Å². The number of carbonyl (C=O) groups excluding carboxylic acids is 1. The van der Waals surface area contributed by atoms with Crippen molar-refractivity contribution in [3.8, 4) is 0 Å². The number of nitrogens with zero attached hydrogens (tertiary/aromatic N) is 1. The van der Waals surface area contributed by atoms with Crippen molar-refractivity contribution in [1.29, 1.82) is 0 Å². The molecule has 2 aromatic rings. The van der Waals surface area contributed by atoms with Crippen LogP contribution in [0.4, 0.5) is 37.8 Å². The van der Waals surface area contributed by atoms with Crippen molar-refractivity contribution in [2.45, 2.75) is 38.1 Å². The second-order valence-corrected chi connectivity index (χ2v) is 8.90. The van der Waals surface area contributed by atoms with Crippen LogP contribution >= 0.6 is 0 Å². The molecule has 1 amide bonds. The van der Waals surface area contributed by atoms with Gasteiger partial charge in [-0.05, 0) is 49.8 Å². The van der Waals surface area contributed by atoms with Gasteiger partial charge in [-0.15, -0.1) is 0 Å². The molecule has 14 heteroatoms. The number of rotatable bonds is 8. The highest BCUT2D eigenvalue weighted by molar-refractivity contribution is 7.93. The Kier molecular flexibility index (Phi) is 8.18. The van der Waals surface area contributed by atoms with Crippen molar-refractivity contribution in [2.24, 2.45) is 0 Å². The number of carbonyl (C=O) groups is 1. The number of nitrogens with one attached hydrogen (secondary N) is 3. The molecule has 0 aliphatic rings. The van der Waals surface area contributed by atoms with Crippen molar-refractivity contribution in [1.82, 2.24) is 10.3 Å². The lowest BCUT2D eigenvalue weighted by Crippen LogP contribution is -2.29. The fourth-order valence-corrected chi connectivity index (χ4v) is 3.03. The van der Waals surface area contributed by atoms with Gasteiger partial charge in [0.05, 0.1) is 0 Å². The molecule has 186 valence electrons. The fourth-order valence-electron chi connectivity index (χ4n) is 2.47. The number of benzene rings is 1. The SMILES string of the molecule is CC(C)Nc1nc(C(F)(F)F)ccc1/C=C/C(=O)NCc1ccc(NS(=O)(=O)C(F)(F)F)cc1. The molecule has 1 aromatic carbocycles. The topological polar surface area (TPSA) is 100 Å². The summed E-state index contributed by atoms with van der Waals surface area (Å²) in [5.74, 6) is -0.650. The predicted molar refractivity (Wildman–Crippen MR) is 114 cm³/mol. The minimum atomic E-state index is -5.55. The highest BCUT2D eigenvalue weighted by Crippen LogP contribution is 2.30. The van der Waals surface area contributed by atoms with Crippen LogP contribution in [0.1, 0.15) is 30.7 Å². The highest BCUT2D eigenvalue weighted by Gasteiger charge is 2.46. The fraction of sp³-hybridized carbons (Fsp3) is 0.300. The largest absolute Gasteiger partial charge is 0.516 e. The average Bonchev–Trinajstić information content (AvgIpc) is 2.70. The number of amides is 1. The van der Waals surface area contributed by atoms with Crippen LogP contribution in [-0.4, -0.2) is 30.9 Å². The maximum atomic E-state index is 12.9. The molecular weight excluding hydrogens is 490 g/mol. The quantitative estimate of drug-likeness (QED) is 0.359. The first-order valence-corrected chi connectivity index (χ1v) is 11.1. The summed E-state index contributed by atoms with van der Waals surface area (Å²) in [7, 11) is -5.55. The third-order valence-corrected chi connectivity index (χ3v) is 5.15. The average molecular weight is 510 g/mol. The first-order chi connectivity index (χ1) is 15.6. The van der Waals surface area contributed by atoms with E-state index in [0.29, 0.717) is 5.56 Å². The minimum Gasteiger partial charge on any atom is -0.367 e. The Balaban J connectivity index is 2.03. The molecule has 7 nitrogen and oxygen atoms in total. The summed E-state index contributed by atoms with van der Waals surface area (Å²) < 4.78 is 99.5. The Morgan fingerprint density at radius 3 is 2.18 bits per heavy atom. The van der Waals surface area contributed by atoms with Gasteiger partial charge in [0.1, 0.15) is 11.5 Å². The summed E-state index contributed by atoms with van der Waals surface area (Å²) in [4.78, 5) is 15.6. The molecule has 0 unspecified atom stereocenters. The zero-order valence-corrected chi connectivity index (χ0v) is 18.6. The Hall–Kier alpha value is -3.29. The van der Waals surface area contributed by atoms with Gasteiger partial charge in [-0.1, -0.05) is 12.1 Å². The molecule has 0 radical (unpaired) electrons. The van der Waals surface area contributed by atoms with Crippen LogP contribution in [0.5, 0.6) is 0 Å². The molecule has 0 atom stereocenters. The van der Waals surface area contributed by atoms with Gasteiger partial charge in [0.2, 0.25) is 5.91 Å². The number of sulfonamides is 1. The third kappa shape index (κ3) is 7.64. The summed E-state index contributed by atoms with van der Waals surface area (Å²) in [6, 6.07) is 6.55. The predicted octanol–water partition coefficient (Wildman–Crippen LogP) is 4.51. The highest BCUT2D eigenvalue weighted by atomic mass is 32.2. The lowest BCUT2D eigenvalue weighted by molar-refractivity contribution is -0.141. The van der Waals surface area contributed by atoms with E-state index in [4.69, 9.17) is 0 Å². The molecule has 2 rings (SSSR count). The van der Waals surface area contributed by atoms with Crippen LogP contribution in [0.3, 0.4) is 0 Å². The number of hydrogen-bond donors (Lipinski definition) is 3. The van der Waals surface area contributed by atoms with Gasteiger partial charge in [0, 0.05) is 29.9 Å². The molecule has 0 aliphatic carbocycles. The monoisotopic (exact) mass is 510 g/mol. The summed E-state index contributed by atoms with van der Waals surface area (Å²) in [5, 5.41) is 5.28. The van der Waals surface area contributed by atoms with E-state index in [1.54, 1.807) is 13.8 Å². The van der Waals surface area contributed by atoms with Gasteiger partial charge < -0.3 is 10.6 Å². The summed E-state index contributed by atoms with van der Waals surface area (Å²) in [6.45, 7) is 3.38. The van der Waals surface area contributed by atoms with Crippen molar-refractivity contribution < 1.29 is 39.6 Å². The zero-order valence-electron chi connectivity index (χ0n) is 17.8. The minimum absolute atomic E-state index is 0.0438. The molecule has 0 fully saturated rings. The number of aromatic nitrogens is 1. The molecule has 0 bridgehead atoms. The number of hydrogen-bond acceptors (Lipinski definition) is 5. The van der Waals surface area contributed by atoms with E-state index in [2.05, 4.69) is 15.6 Å². The lowest BCUT2D eigenvalue weighted by Gasteiger charge is -2.14. The van der Waals surface area contributed by atoms with Crippen LogP contribution in [0.25, 0.3) is 6.08 Å². The first kappa shape index (κ1) is 27.0. The van der Waals surface area contributed by atoms with Crippen molar-refractivity contribution >= 4 is 33.5 Å². The van der Waals surface area contributed by atoms with E-state index in [9.17, 15) is 39.6 Å². The van der Waals surface area contributed by atoms with Gasteiger partial charge >= 0.3 is 21.7 Å². The molecule has 0 spiro atoms. The standard InChI is InChI=1S/C20H20F6N4O3S/c1-12(2)28-18-14(5-9-16(29-18)19(21,22)23)6-10-17(31)27-11-13-3-7-15(8-4-13)30-34(32,33)20(24,25)26/h3-10,12,30H,11H2,1-2H3,(H,27,31)(H,28,29)/b10-6+. The first-order valence-electron chi connectivity index (χ1n) is 9.57. The Bertz CT molecular complexity index is 1140. The zero-order chi connectivity index (χ0) is 25.7. The third-order valence-electron chi connectivity index (χ3n) is 4.03. The van der Waals surface area contributed by atoms with E-state index in [1.807, 2.05) is 0 Å². The van der Waals surface area contributed by atoms with Gasteiger partial charge in [0.25, 0.3) is 0 Å². The summed E-state index contributed by atoms with van der Waals surface area (Å²) in [6.07, 6.45) is -2.27. The molecular formula is C20H20F6N4O3S. The van der Waals surface area contributed by atoms with E-state index in [-0.39, 0.29) is 29.7 Å². The van der Waals surface area contributed by atoms with Crippen LogP contribution < -0.4 is 15.4 Å². The van der Waals surface area contributed by atoms with Gasteiger partial charge in [0.15, 0.2) is 0 Å². The van der Waals surface area contributed by atoms with Crippen LogP contribution in [-0.2, 0) is 27.5 Å². The lowest BCUT2D eigenvalue weighted by atomic mass is 10.2. The van der Waals surface area contributed by atoms with Gasteiger partial charge in [-0.3, -0.25) is 9.52 Å². The molecule has 1 aromatic heterocycles. The van der Waals surface area contributed by atoms with Crippen molar-refractivity contribution in [2.75, 3.05) is 10.0 Å². The number of halogens is 6. The van der Waals surface area contributed by atoms with E-state index in [1.165, 1.54) is 29.0 Å². The summed E-state index contributed by atoms with van der Waals surface area (Å²) >= 11 is 0. The van der Waals surface area contributed by atoms with Crippen molar-refractivity contribution in [3.63, 3.8) is 0 Å². The number of anilines is 2. The second kappa shape index (κ2) is 10.3. The maximum absolute atomic E-state index is 12.9. The van der Waals surface area contributed by atoms with Crippen LogP contribution in [0.2, 0.25) is 0 Å². The number of alkyl halides is 6. The Labute approximate surface area is 191 Å². The molecule has 0 aliphatic heterocycles. The van der Waals surface area contributed by atoms with E-state index >= 15 is 0 Å². The van der Waals surface area contributed by atoms with Crippen LogP contribution in [0, 0.1) is 0 Å². The molecule has 1 heterocycles. The smallest absolute Gasteiger partial charge is 0.367 e. The second-order valence-electron chi connectivity index (χ2n) is 7.23. The van der Waals surface area contributed by atoms with Crippen molar-refractivity contribution in [3.05, 3.63) is 59.3 Å². The van der Waals surface area contributed by atoms with Gasteiger partial charge in [-0.2, -0.15) is 34.8 Å². The van der Waals surface area contributed by atoms with Gasteiger partial charge in [-0.25, -0.2) is 4.98 Å². The Morgan fingerprint density at radius 2 is 1.65 bits per heavy atom. The number of pyridine rings is 1. The molecule has 0 saturated heterocycles. The molecule has 0 saturated carbocycles. The molecule has 3 N–H and O–H groups in total. The molecule has 34 heavy (non-hydrogen) atoms. The van der Waals surface area contributed by atoms with E-state index < -0.39 is 33.3 Å². The maximum Gasteiger partial charge on any atom is 0.516 e. The summed E-state index contributed by atoms with van der Waals surface area (Å²) in [5.41, 5.74) is -6.15. The normalized spacial score (nSPS) is 12.7. The van der Waals surface area contributed by atoms with Crippen LogP contribution in [0.15, 0.2) is 42.5 Å².